The highest BCUT2D eigenvalue weighted by Gasteiger charge is 2.44. The van der Waals surface area contributed by atoms with Crippen molar-refractivity contribution in [2.45, 2.75) is 30.7 Å². The third-order valence-corrected chi connectivity index (χ3v) is 9.60. The number of pyridine rings is 1. The first kappa shape index (κ1) is 29.3. The lowest BCUT2D eigenvalue weighted by molar-refractivity contribution is -0.0343. The zero-order valence-corrected chi connectivity index (χ0v) is 25.6. The molecule has 0 radical (unpaired) electrons. The third-order valence-electron chi connectivity index (χ3n) is 9.60. The fourth-order valence-electron chi connectivity index (χ4n) is 6.87. The van der Waals surface area contributed by atoms with E-state index in [4.69, 9.17) is 20.7 Å². The van der Waals surface area contributed by atoms with Crippen LogP contribution in [0.4, 0.5) is 15.9 Å². The number of likely N-dealkylation sites (tertiary alicyclic amines) is 2. The molecule has 0 bridgehead atoms. The van der Waals surface area contributed by atoms with Gasteiger partial charge in [0.2, 0.25) is 0 Å². The second-order valence-electron chi connectivity index (χ2n) is 12.4. The molecule has 0 saturated carbocycles. The number of ether oxygens (including phenoxy) is 1. The summed E-state index contributed by atoms with van der Waals surface area (Å²) in [5, 5.41) is 14.6. The summed E-state index contributed by atoms with van der Waals surface area (Å²) in [5.74, 6) is 0.725. The van der Waals surface area contributed by atoms with Crippen molar-refractivity contribution in [1.82, 2.24) is 34.5 Å². The van der Waals surface area contributed by atoms with Crippen LogP contribution in [0.15, 0.2) is 79.3 Å². The van der Waals surface area contributed by atoms with Crippen molar-refractivity contribution in [2.24, 2.45) is 0 Å². The second-order valence-corrected chi connectivity index (χ2v) is 12.4. The van der Waals surface area contributed by atoms with Crippen LogP contribution >= 0.6 is 0 Å². The Morgan fingerprint density at radius 2 is 1.62 bits per heavy atom. The maximum absolute atomic E-state index is 16.0. The number of para-hydroxylation sites is 1. The zero-order valence-electron chi connectivity index (χ0n) is 25.6. The smallest absolute Gasteiger partial charge is 0.354 e. The van der Waals surface area contributed by atoms with E-state index in [2.05, 4.69) is 29.7 Å². The summed E-state index contributed by atoms with van der Waals surface area (Å²) in [6.45, 7) is 4.67. The normalized spacial score (nSPS) is 21.0. The topological polar surface area (TPSA) is 139 Å². The highest BCUT2D eigenvalue weighted by Crippen LogP contribution is 2.37. The predicted octanol–water partition coefficient (Wildman–Crippen LogP) is 4.12. The van der Waals surface area contributed by atoms with Gasteiger partial charge < -0.3 is 20.5 Å². The van der Waals surface area contributed by atoms with Crippen molar-refractivity contribution >= 4 is 28.5 Å². The number of fused-ring (bicyclic) bond motifs is 1. The van der Waals surface area contributed by atoms with Crippen molar-refractivity contribution in [3.8, 4) is 22.8 Å². The number of carboxylic acid groups (broad SMARTS) is 1. The van der Waals surface area contributed by atoms with E-state index in [0.717, 1.165) is 49.7 Å². The molecule has 13 heteroatoms. The summed E-state index contributed by atoms with van der Waals surface area (Å²) in [7, 11) is 0. The van der Waals surface area contributed by atoms with E-state index in [0.29, 0.717) is 53.3 Å². The molecule has 3 saturated heterocycles. The van der Waals surface area contributed by atoms with Crippen LogP contribution in [0.2, 0.25) is 0 Å². The average Bonchev–Trinajstić information content (AvgIpc) is 3.43. The van der Waals surface area contributed by atoms with Crippen molar-refractivity contribution in [3.63, 3.8) is 0 Å². The number of carbonyl (C=O) groups is 1. The molecular weight excluding hydrogens is 601 g/mol. The van der Waals surface area contributed by atoms with E-state index in [-0.39, 0.29) is 5.69 Å². The van der Waals surface area contributed by atoms with Gasteiger partial charge in [-0.2, -0.15) is 5.10 Å². The molecule has 0 unspecified atom stereocenters. The van der Waals surface area contributed by atoms with Crippen LogP contribution in [0.3, 0.4) is 0 Å². The maximum Gasteiger partial charge on any atom is 0.354 e. The predicted molar refractivity (Wildman–Crippen MR) is 174 cm³/mol. The van der Waals surface area contributed by atoms with Gasteiger partial charge in [0.1, 0.15) is 41.2 Å². The lowest BCUT2D eigenvalue weighted by Crippen LogP contribution is -2.70. The Labute approximate surface area is 270 Å². The Balaban J connectivity index is 0.907. The second kappa shape index (κ2) is 11.9. The molecule has 3 fully saturated rings. The number of alkyl halides is 1. The molecule has 3 aliphatic rings. The van der Waals surface area contributed by atoms with E-state index < -0.39 is 18.2 Å². The number of nitrogen functional groups attached to an aromatic ring is 1. The van der Waals surface area contributed by atoms with E-state index in [1.165, 1.54) is 12.4 Å². The van der Waals surface area contributed by atoms with Crippen molar-refractivity contribution in [1.29, 1.82) is 0 Å². The van der Waals surface area contributed by atoms with Crippen molar-refractivity contribution in [3.05, 3.63) is 84.9 Å². The van der Waals surface area contributed by atoms with Crippen LogP contribution in [0.1, 0.15) is 23.0 Å². The van der Waals surface area contributed by atoms with Gasteiger partial charge >= 0.3 is 5.97 Å². The number of anilines is 2. The quantitative estimate of drug-likeness (QED) is 0.255. The molecule has 2 aromatic carbocycles. The van der Waals surface area contributed by atoms with Gasteiger partial charge in [-0.1, -0.05) is 18.2 Å². The van der Waals surface area contributed by atoms with Gasteiger partial charge in [0, 0.05) is 56.9 Å². The highest BCUT2D eigenvalue weighted by atomic mass is 19.1. The molecule has 5 aromatic rings. The first-order chi connectivity index (χ1) is 22.9. The van der Waals surface area contributed by atoms with Gasteiger partial charge in [0.15, 0.2) is 5.65 Å². The van der Waals surface area contributed by atoms with Gasteiger partial charge in [-0.3, -0.25) is 9.80 Å². The summed E-state index contributed by atoms with van der Waals surface area (Å²) in [5.41, 5.74) is 9.30. The number of nitrogens with two attached hydrogens (primary N) is 1. The average molecular weight is 636 g/mol. The zero-order chi connectivity index (χ0) is 32.1. The van der Waals surface area contributed by atoms with Gasteiger partial charge in [-0.25, -0.2) is 28.8 Å². The number of aromatic carboxylic acids is 1. The summed E-state index contributed by atoms with van der Waals surface area (Å²) in [6.07, 6.45) is 2.52. The van der Waals surface area contributed by atoms with Crippen molar-refractivity contribution < 1.29 is 19.0 Å². The van der Waals surface area contributed by atoms with Crippen LogP contribution < -0.4 is 15.4 Å². The molecule has 3 aliphatic heterocycles. The lowest BCUT2D eigenvalue weighted by Gasteiger charge is -2.55. The number of rotatable bonds is 8. The first-order valence-corrected chi connectivity index (χ1v) is 15.8. The summed E-state index contributed by atoms with van der Waals surface area (Å²) >= 11 is 0. The molecule has 0 spiro atoms. The molecular formula is C34H34FN9O3. The number of hydrogen-bond donors (Lipinski definition) is 2. The van der Waals surface area contributed by atoms with E-state index in [1.54, 1.807) is 16.9 Å². The first-order valence-electron chi connectivity index (χ1n) is 15.8. The fraction of sp³-hybridized carbons (Fsp3) is 0.324. The molecule has 240 valence electrons. The Bertz CT molecular complexity index is 1890. The summed E-state index contributed by atoms with van der Waals surface area (Å²) < 4.78 is 23.7. The Kier molecular flexibility index (Phi) is 7.41. The fourth-order valence-corrected chi connectivity index (χ4v) is 6.87. The maximum atomic E-state index is 16.0. The molecule has 6 heterocycles. The van der Waals surface area contributed by atoms with E-state index >= 15 is 4.39 Å². The van der Waals surface area contributed by atoms with Crippen LogP contribution in [0.25, 0.3) is 22.3 Å². The van der Waals surface area contributed by atoms with E-state index in [9.17, 15) is 4.79 Å². The molecule has 3 N–H and O–H groups in total. The van der Waals surface area contributed by atoms with Gasteiger partial charge in [-0.05, 0) is 55.0 Å². The standard InChI is InChI=1S/C34H34FN9O3/c35-27-19-41(23-15-43(16-23)24-17-42(18-24)22-8-11-28(34(45)46)37-14-22)13-12-29(27)44-33-30(32(36)38-20-39-33)31(40-44)21-6-9-26(10-7-21)47-25-4-2-1-3-5-25/h1-11,14,20,23-24,27,29H,12-13,15-19H2,(H,45,46)(H2,36,38,39)/t27-,29+/m1/s1. The molecule has 0 amide bonds. The van der Waals surface area contributed by atoms with Gasteiger partial charge in [-0.15, -0.1) is 0 Å². The summed E-state index contributed by atoms with van der Waals surface area (Å²) in [6, 6.07) is 20.8. The SMILES string of the molecule is Nc1ncnc2c1c(-c1ccc(Oc3ccccc3)cc1)nn2[C@H]1CCN(C2CN(C3CN(c4ccc(C(=O)O)nc4)C3)C2)C[C@H]1F. The molecule has 0 aliphatic carbocycles. The molecule has 47 heavy (non-hydrogen) atoms. The van der Waals surface area contributed by atoms with Gasteiger partial charge in [0.05, 0.1) is 23.3 Å². The van der Waals surface area contributed by atoms with Crippen molar-refractivity contribution in [2.75, 3.05) is 49.9 Å². The van der Waals surface area contributed by atoms with Gasteiger partial charge in [0.25, 0.3) is 0 Å². The number of benzene rings is 2. The Morgan fingerprint density at radius 3 is 2.32 bits per heavy atom. The number of aromatic nitrogens is 5. The van der Waals surface area contributed by atoms with Crippen LogP contribution in [0.5, 0.6) is 11.5 Å². The third kappa shape index (κ3) is 5.51. The number of nitrogens with zero attached hydrogens (tertiary/aromatic N) is 8. The minimum absolute atomic E-state index is 0.0462. The van der Waals surface area contributed by atoms with Crippen LogP contribution in [-0.2, 0) is 0 Å². The summed E-state index contributed by atoms with van der Waals surface area (Å²) in [4.78, 5) is 30.7. The largest absolute Gasteiger partial charge is 0.477 e. The Morgan fingerprint density at radius 1 is 0.872 bits per heavy atom. The Hall–Kier alpha value is -5.14. The number of carboxylic acids is 1. The molecule has 8 rings (SSSR count). The minimum Gasteiger partial charge on any atom is -0.477 e. The number of hydrogen-bond acceptors (Lipinski definition) is 10. The highest BCUT2D eigenvalue weighted by molar-refractivity contribution is 5.98. The molecule has 12 nitrogen and oxygen atoms in total. The lowest BCUT2D eigenvalue weighted by atomic mass is 9.95. The van der Waals surface area contributed by atoms with E-state index in [1.807, 2.05) is 54.6 Å². The monoisotopic (exact) mass is 635 g/mol. The number of halogens is 1. The minimum atomic E-state index is -1.12. The molecule has 2 atom stereocenters. The van der Waals surface area contributed by atoms with Crippen LogP contribution in [-0.4, -0.2) is 103 Å². The van der Waals surface area contributed by atoms with Crippen LogP contribution in [0, 0.1) is 0 Å². The molecule has 3 aromatic heterocycles. The number of piperidine rings is 1.